The van der Waals surface area contributed by atoms with Gasteiger partial charge in [0.05, 0.1) is 0 Å². The molecule has 2 saturated heterocycles. The van der Waals surface area contributed by atoms with Crippen molar-refractivity contribution in [1.82, 2.24) is 23.7 Å². The van der Waals surface area contributed by atoms with Crippen molar-refractivity contribution in [2.75, 3.05) is 39.3 Å². The molecule has 1 amide bonds. The van der Waals surface area contributed by atoms with E-state index in [1.165, 1.54) is 4.31 Å². The van der Waals surface area contributed by atoms with Crippen LogP contribution in [0.25, 0.3) is 0 Å². The van der Waals surface area contributed by atoms with Crippen molar-refractivity contribution in [3.8, 4) is 0 Å². The van der Waals surface area contributed by atoms with Crippen LogP contribution in [0.1, 0.15) is 37.5 Å². The molecule has 2 fully saturated rings. The number of amides is 1. The van der Waals surface area contributed by atoms with Gasteiger partial charge in [0.25, 0.3) is 10.2 Å². The molecule has 0 saturated carbocycles. The lowest BCUT2D eigenvalue weighted by atomic mass is 10.2. The van der Waals surface area contributed by atoms with Crippen molar-refractivity contribution < 1.29 is 17.6 Å². The van der Waals surface area contributed by atoms with E-state index in [4.69, 9.17) is 4.42 Å². The molecule has 9 nitrogen and oxygen atoms in total. The number of carbonyl (C=O) groups excluding carboxylic acids is 1. The summed E-state index contributed by atoms with van der Waals surface area (Å²) in [6, 6.07) is 0. The Morgan fingerprint density at radius 3 is 2.12 bits per heavy atom. The number of carbonyl (C=O) groups is 1. The molecule has 140 valence electrons. The molecule has 1 aromatic rings. The fraction of sp³-hybridized carbons (Fsp3) is 0.800. The summed E-state index contributed by atoms with van der Waals surface area (Å²) >= 11 is 0. The van der Waals surface area contributed by atoms with Gasteiger partial charge in [0.1, 0.15) is 6.42 Å². The molecule has 0 atom stereocenters. The zero-order valence-corrected chi connectivity index (χ0v) is 15.4. The molecular weight excluding hydrogens is 346 g/mol. The fourth-order valence-electron chi connectivity index (χ4n) is 3.25. The Labute approximate surface area is 148 Å². The number of aromatic nitrogens is 2. The molecule has 2 aliphatic heterocycles. The van der Waals surface area contributed by atoms with Crippen LogP contribution in [0.4, 0.5) is 0 Å². The van der Waals surface area contributed by atoms with Crippen LogP contribution in [0.15, 0.2) is 4.42 Å². The van der Waals surface area contributed by atoms with Gasteiger partial charge in [0.15, 0.2) is 0 Å². The highest BCUT2D eigenvalue weighted by atomic mass is 32.2. The summed E-state index contributed by atoms with van der Waals surface area (Å²) in [5.41, 5.74) is 0. The predicted molar refractivity (Wildman–Crippen MR) is 89.9 cm³/mol. The summed E-state index contributed by atoms with van der Waals surface area (Å²) in [6.45, 7) is 4.29. The molecular formula is C15H25N5O4S. The highest BCUT2D eigenvalue weighted by Gasteiger charge is 2.33. The largest absolute Gasteiger partial charge is 0.425 e. The summed E-state index contributed by atoms with van der Waals surface area (Å²) in [6.07, 6.45) is 4.06. The maximum atomic E-state index is 12.8. The van der Waals surface area contributed by atoms with Crippen LogP contribution in [0.2, 0.25) is 0 Å². The first-order valence-electron chi connectivity index (χ1n) is 8.79. The van der Waals surface area contributed by atoms with E-state index in [-0.39, 0.29) is 12.3 Å². The zero-order valence-electron chi connectivity index (χ0n) is 14.6. The normalized spacial score (nSPS) is 21.2. The molecule has 0 radical (unpaired) electrons. The molecule has 2 aliphatic rings. The Morgan fingerprint density at radius 1 is 0.960 bits per heavy atom. The second-order valence-corrected chi connectivity index (χ2v) is 8.42. The Morgan fingerprint density at radius 2 is 1.56 bits per heavy atom. The summed E-state index contributed by atoms with van der Waals surface area (Å²) < 4.78 is 33.9. The van der Waals surface area contributed by atoms with Crippen molar-refractivity contribution in [3.63, 3.8) is 0 Å². The molecule has 1 aromatic heterocycles. The van der Waals surface area contributed by atoms with Gasteiger partial charge in [0, 0.05) is 46.2 Å². The zero-order chi connectivity index (χ0) is 17.9. The maximum Gasteiger partial charge on any atom is 0.282 e. The molecule has 0 spiro atoms. The Bertz CT molecular complexity index is 689. The van der Waals surface area contributed by atoms with E-state index in [1.54, 1.807) is 16.1 Å². The smallest absolute Gasteiger partial charge is 0.282 e. The van der Waals surface area contributed by atoms with Crippen molar-refractivity contribution in [1.29, 1.82) is 0 Å². The van der Waals surface area contributed by atoms with Gasteiger partial charge in [-0.2, -0.15) is 17.0 Å². The monoisotopic (exact) mass is 371 g/mol. The second-order valence-electron chi connectivity index (χ2n) is 6.49. The summed E-state index contributed by atoms with van der Waals surface area (Å²) in [4.78, 5) is 14.0. The topological polar surface area (TPSA) is 99.8 Å². The van der Waals surface area contributed by atoms with Crippen LogP contribution >= 0.6 is 0 Å². The number of piperazine rings is 1. The second kappa shape index (κ2) is 7.79. The first-order chi connectivity index (χ1) is 12.0. The average Bonchev–Trinajstić information content (AvgIpc) is 2.85. The van der Waals surface area contributed by atoms with Crippen molar-refractivity contribution >= 4 is 16.1 Å². The Hall–Kier alpha value is -1.52. The Balaban J connectivity index is 1.54. The quantitative estimate of drug-likeness (QED) is 0.749. The molecule has 0 bridgehead atoms. The maximum absolute atomic E-state index is 12.8. The molecule has 0 aromatic carbocycles. The SMILES string of the molecule is Cc1nnc(CC(=O)N2CCN(S(=O)(=O)N3CCCCCC3)CC2)o1. The number of hydrogen-bond acceptors (Lipinski definition) is 6. The van der Waals surface area contributed by atoms with Crippen LogP contribution in [0.5, 0.6) is 0 Å². The van der Waals surface area contributed by atoms with E-state index >= 15 is 0 Å². The molecule has 0 aliphatic carbocycles. The van der Waals surface area contributed by atoms with Crippen molar-refractivity contribution in [2.24, 2.45) is 0 Å². The van der Waals surface area contributed by atoms with Crippen molar-refractivity contribution in [2.45, 2.75) is 39.0 Å². The van der Waals surface area contributed by atoms with Gasteiger partial charge >= 0.3 is 0 Å². The van der Waals surface area contributed by atoms with Crippen LogP contribution in [0, 0.1) is 6.92 Å². The third kappa shape index (κ3) is 4.36. The third-order valence-corrected chi connectivity index (χ3v) is 6.71. The fourth-order valence-corrected chi connectivity index (χ4v) is 4.93. The minimum absolute atomic E-state index is 0.0553. The van der Waals surface area contributed by atoms with E-state index in [1.807, 2.05) is 0 Å². The van der Waals surface area contributed by atoms with Gasteiger partial charge in [-0.05, 0) is 12.8 Å². The van der Waals surface area contributed by atoms with Crippen LogP contribution in [-0.4, -0.2) is 77.3 Å². The molecule has 3 heterocycles. The van der Waals surface area contributed by atoms with E-state index in [0.717, 1.165) is 25.7 Å². The predicted octanol–water partition coefficient (Wildman–Crippen LogP) is 0.186. The summed E-state index contributed by atoms with van der Waals surface area (Å²) in [5, 5.41) is 7.54. The number of hydrogen-bond donors (Lipinski definition) is 0. The van der Waals surface area contributed by atoms with Gasteiger partial charge in [-0.3, -0.25) is 4.79 Å². The molecule has 10 heteroatoms. The lowest BCUT2D eigenvalue weighted by molar-refractivity contribution is -0.132. The summed E-state index contributed by atoms with van der Waals surface area (Å²) in [7, 11) is -3.43. The minimum Gasteiger partial charge on any atom is -0.425 e. The minimum atomic E-state index is -3.43. The van der Waals surface area contributed by atoms with E-state index < -0.39 is 10.2 Å². The van der Waals surface area contributed by atoms with Gasteiger partial charge < -0.3 is 9.32 Å². The highest BCUT2D eigenvalue weighted by Crippen LogP contribution is 2.18. The van der Waals surface area contributed by atoms with Gasteiger partial charge in [0.2, 0.25) is 17.7 Å². The lowest BCUT2D eigenvalue weighted by Gasteiger charge is -2.36. The first kappa shape index (κ1) is 18.3. The molecule has 0 N–H and O–H groups in total. The molecule has 0 unspecified atom stereocenters. The number of nitrogens with zero attached hydrogens (tertiary/aromatic N) is 5. The lowest BCUT2D eigenvalue weighted by Crippen LogP contribution is -2.54. The molecule has 3 rings (SSSR count). The van der Waals surface area contributed by atoms with Crippen LogP contribution < -0.4 is 0 Å². The van der Waals surface area contributed by atoms with Crippen molar-refractivity contribution in [3.05, 3.63) is 11.8 Å². The molecule has 25 heavy (non-hydrogen) atoms. The van der Waals surface area contributed by atoms with E-state index in [2.05, 4.69) is 10.2 Å². The Kier molecular flexibility index (Phi) is 5.70. The first-order valence-corrected chi connectivity index (χ1v) is 10.2. The standard InChI is InChI=1S/C15H25N5O4S/c1-13-16-17-14(24-13)12-15(21)18-8-10-20(11-9-18)25(22,23)19-6-4-2-3-5-7-19/h2-12H2,1H3. The van der Waals surface area contributed by atoms with E-state index in [0.29, 0.717) is 51.0 Å². The van der Waals surface area contributed by atoms with Gasteiger partial charge in [-0.1, -0.05) is 12.8 Å². The van der Waals surface area contributed by atoms with Gasteiger partial charge in [-0.15, -0.1) is 10.2 Å². The van der Waals surface area contributed by atoms with Gasteiger partial charge in [-0.25, -0.2) is 0 Å². The average molecular weight is 371 g/mol. The van der Waals surface area contributed by atoms with Crippen LogP contribution in [-0.2, 0) is 21.4 Å². The van der Waals surface area contributed by atoms with Crippen LogP contribution in [0.3, 0.4) is 0 Å². The summed E-state index contributed by atoms with van der Waals surface area (Å²) in [5.74, 6) is 0.605. The highest BCUT2D eigenvalue weighted by molar-refractivity contribution is 7.86. The third-order valence-electron chi connectivity index (χ3n) is 4.68. The number of aryl methyl sites for hydroxylation is 1. The van der Waals surface area contributed by atoms with E-state index in [9.17, 15) is 13.2 Å². The number of rotatable bonds is 4.